The van der Waals surface area contributed by atoms with E-state index in [0.717, 1.165) is 5.56 Å². The predicted octanol–water partition coefficient (Wildman–Crippen LogP) is 4.00. The van der Waals surface area contributed by atoms with Crippen molar-refractivity contribution < 1.29 is 4.92 Å². The van der Waals surface area contributed by atoms with E-state index in [4.69, 9.17) is 17.3 Å². The van der Waals surface area contributed by atoms with Crippen molar-refractivity contribution in [2.24, 2.45) is 0 Å². The van der Waals surface area contributed by atoms with E-state index in [2.05, 4.69) is 5.32 Å². The molecule has 0 saturated carbocycles. The summed E-state index contributed by atoms with van der Waals surface area (Å²) < 4.78 is 0. The minimum atomic E-state index is -0.436. The molecule has 0 radical (unpaired) electrons. The zero-order valence-corrected chi connectivity index (χ0v) is 11.6. The highest BCUT2D eigenvalue weighted by Gasteiger charge is 2.16. The quantitative estimate of drug-likeness (QED) is 0.507. The molecule has 0 aliphatic heterocycles. The number of nitrogens with one attached hydrogen (secondary N) is 1. The first-order chi connectivity index (χ1) is 9.47. The number of rotatable bonds is 4. The SMILES string of the molecule is CC(Nc1cc(Cl)ccc1[N+](=O)[O-])c1ccc(N)cc1. The molecule has 0 aliphatic rings. The summed E-state index contributed by atoms with van der Waals surface area (Å²) in [6.07, 6.45) is 0. The van der Waals surface area contributed by atoms with E-state index >= 15 is 0 Å². The van der Waals surface area contributed by atoms with E-state index in [0.29, 0.717) is 16.4 Å². The van der Waals surface area contributed by atoms with Gasteiger partial charge < -0.3 is 11.1 Å². The Hall–Kier alpha value is -2.27. The number of halogens is 1. The minimum absolute atomic E-state index is 0.00306. The number of nitrogens with two attached hydrogens (primary N) is 1. The molecule has 0 saturated heterocycles. The van der Waals surface area contributed by atoms with Crippen molar-refractivity contribution in [1.82, 2.24) is 0 Å². The Bertz CT molecular complexity index is 629. The van der Waals surface area contributed by atoms with Crippen molar-refractivity contribution in [3.05, 3.63) is 63.2 Å². The number of nitrogen functional groups attached to an aromatic ring is 1. The molecule has 0 fully saturated rings. The van der Waals surface area contributed by atoms with E-state index in [1.54, 1.807) is 18.2 Å². The van der Waals surface area contributed by atoms with Gasteiger partial charge in [-0.2, -0.15) is 0 Å². The highest BCUT2D eigenvalue weighted by molar-refractivity contribution is 6.31. The van der Waals surface area contributed by atoms with Crippen LogP contribution in [0, 0.1) is 10.1 Å². The number of benzene rings is 2. The van der Waals surface area contributed by atoms with Crippen molar-refractivity contribution in [1.29, 1.82) is 0 Å². The van der Waals surface area contributed by atoms with Gasteiger partial charge >= 0.3 is 0 Å². The van der Waals surface area contributed by atoms with Gasteiger partial charge in [0.05, 0.1) is 4.92 Å². The zero-order chi connectivity index (χ0) is 14.7. The van der Waals surface area contributed by atoms with Crippen molar-refractivity contribution >= 4 is 28.7 Å². The Kier molecular flexibility index (Phi) is 4.10. The summed E-state index contributed by atoms with van der Waals surface area (Å²) in [4.78, 5) is 10.6. The van der Waals surface area contributed by atoms with Gasteiger partial charge in [0, 0.05) is 22.8 Å². The van der Waals surface area contributed by atoms with Gasteiger partial charge in [0.1, 0.15) is 5.69 Å². The third kappa shape index (κ3) is 3.19. The molecule has 2 aromatic carbocycles. The molecule has 1 unspecified atom stereocenters. The summed E-state index contributed by atoms with van der Waals surface area (Å²) in [6.45, 7) is 1.91. The lowest BCUT2D eigenvalue weighted by Gasteiger charge is -2.16. The number of nitrogens with zero attached hydrogens (tertiary/aromatic N) is 1. The fraction of sp³-hybridized carbons (Fsp3) is 0.143. The molecule has 104 valence electrons. The first-order valence-corrected chi connectivity index (χ1v) is 6.41. The van der Waals surface area contributed by atoms with E-state index in [-0.39, 0.29) is 11.7 Å². The highest BCUT2D eigenvalue weighted by Crippen LogP contribution is 2.30. The minimum Gasteiger partial charge on any atom is -0.399 e. The van der Waals surface area contributed by atoms with Crippen LogP contribution in [0.2, 0.25) is 5.02 Å². The molecular weight excluding hydrogens is 278 g/mol. The molecule has 1 atom stereocenters. The van der Waals surface area contributed by atoms with Gasteiger partial charge in [-0.15, -0.1) is 0 Å². The summed E-state index contributed by atoms with van der Waals surface area (Å²) in [5.74, 6) is 0. The lowest BCUT2D eigenvalue weighted by atomic mass is 10.1. The molecule has 6 heteroatoms. The van der Waals surface area contributed by atoms with Crippen molar-refractivity contribution in [2.75, 3.05) is 11.1 Å². The second-order valence-electron chi connectivity index (χ2n) is 4.45. The number of nitro benzene ring substituents is 1. The Morgan fingerprint density at radius 1 is 1.25 bits per heavy atom. The Morgan fingerprint density at radius 2 is 1.90 bits per heavy atom. The second-order valence-corrected chi connectivity index (χ2v) is 4.89. The molecule has 2 aromatic rings. The molecular formula is C14H14ClN3O2. The van der Waals surface area contributed by atoms with Gasteiger partial charge in [0.2, 0.25) is 0 Å². The first-order valence-electron chi connectivity index (χ1n) is 6.03. The molecule has 5 nitrogen and oxygen atoms in total. The number of hydrogen-bond donors (Lipinski definition) is 2. The number of anilines is 2. The third-order valence-electron chi connectivity index (χ3n) is 2.96. The standard InChI is InChI=1S/C14H14ClN3O2/c1-9(10-2-5-12(16)6-3-10)17-13-8-11(15)4-7-14(13)18(19)20/h2-9,17H,16H2,1H3. The normalized spacial score (nSPS) is 11.9. The molecule has 0 spiro atoms. The van der Waals surface area contributed by atoms with Gasteiger partial charge in [0.15, 0.2) is 0 Å². The maximum atomic E-state index is 11.0. The van der Waals surface area contributed by atoms with E-state index in [1.165, 1.54) is 12.1 Å². The fourth-order valence-corrected chi connectivity index (χ4v) is 2.06. The van der Waals surface area contributed by atoms with Gasteiger partial charge in [-0.05, 0) is 36.8 Å². The topological polar surface area (TPSA) is 81.2 Å². The molecule has 3 N–H and O–H groups in total. The predicted molar refractivity (Wildman–Crippen MR) is 81.0 cm³/mol. The largest absolute Gasteiger partial charge is 0.399 e. The lowest BCUT2D eigenvalue weighted by Crippen LogP contribution is -2.08. The summed E-state index contributed by atoms with van der Waals surface area (Å²) >= 11 is 5.89. The van der Waals surface area contributed by atoms with Gasteiger partial charge in [-0.25, -0.2) is 0 Å². The maximum absolute atomic E-state index is 11.0. The Balaban J connectivity index is 2.27. The molecule has 0 amide bonds. The van der Waals surface area contributed by atoms with Crippen LogP contribution in [-0.4, -0.2) is 4.92 Å². The summed E-state index contributed by atoms with van der Waals surface area (Å²) in [6, 6.07) is 11.7. The van der Waals surface area contributed by atoms with E-state index in [9.17, 15) is 10.1 Å². The van der Waals surface area contributed by atoms with Gasteiger partial charge in [-0.1, -0.05) is 23.7 Å². The fourth-order valence-electron chi connectivity index (χ4n) is 1.88. The molecule has 0 aliphatic carbocycles. The third-order valence-corrected chi connectivity index (χ3v) is 3.20. The summed E-state index contributed by atoms with van der Waals surface area (Å²) in [7, 11) is 0. The van der Waals surface area contributed by atoms with Gasteiger partial charge in [0.25, 0.3) is 5.69 Å². The highest BCUT2D eigenvalue weighted by atomic mass is 35.5. The van der Waals surface area contributed by atoms with Crippen LogP contribution in [0.1, 0.15) is 18.5 Å². The summed E-state index contributed by atoms with van der Waals surface area (Å²) in [5, 5.41) is 14.5. The first kappa shape index (κ1) is 14.1. The lowest BCUT2D eigenvalue weighted by molar-refractivity contribution is -0.384. The van der Waals surface area contributed by atoms with Gasteiger partial charge in [-0.3, -0.25) is 10.1 Å². The molecule has 0 aromatic heterocycles. The maximum Gasteiger partial charge on any atom is 0.292 e. The van der Waals surface area contributed by atoms with Crippen LogP contribution in [0.5, 0.6) is 0 Å². The zero-order valence-electron chi connectivity index (χ0n) is 10.8. The summed E-state index contributed by atoms with van der Waals surface area (Å²) in [5.41, 5.74) is 7.68. The molecule has 0 bridgehead atoms. The molecule has 2 rings (SSSR count). The molecule has 0 heterocycles. The van der Waals surface area contributed by atoms with Crippen LogP contribution in [0.15, 0.2) is 42.5 Å². The van der Waals surface area contributed by atoms with E-state index < -0.39 is 4.92 Å². The van der Waals surface area contributed by atoms with Crippen molar-refractivity contribution in [3.8, 4) is 0 Å². The average molecular weight is 292 g/mol. The van der Waals surface area contributed by atoms with Crippen LogP contribution >= 0.6 is 11.6 Å². The van der Waals surface area contributed by atoms with Crippen LogP contribution in [0.4, 0.5) is 17.1 Å². The van der Waals surface area contributed by atoms with Crippen LogP contribution in [-0.2, 0) is 0 Å². The Morgan fingerprint density at radius 3 is 2.50 bits per heavy atom. The average Bonchev–Trinajstić information content (AvgIpc) is 2.39. The number of hydrogen-bond acceptors (Lipinski definition) is 4. The Labute approximate surface area is 121 Å². The van der Waals surface area contributed by atoms with Crippen molar-refractivity contribution in [3.63, 3.8) is 0 Å². The number of nitro groups is 1. The van der Waals surface area contributed by atoms with Crippen LogP contribution in [0.3, 0.4) is 0 Å². The monoisotopic (exact) mass is 291 g/mol. The van der Waals surface area contributed by atoms with E-state index in [1.807, 2.05) is 19.1 Å². The molecule has 20 heavy (non-hydrogen) atoms. The van der Waals surface area contributed by atoms with Crippen molar-refractivity contribution in [2.45, 2.75) is 13.0 Å². The van der Waals surface area contributed by atoms with Crippen LogP contribution < -0.4 is 11.1 Å². The second kappa shape index (κ2) is 5.79. The smallest absolute Gasteiger partial charge is 0.292 e. The van der Waals surface area contributed by atoms with Crippen LogP contribution in [0.25, 0.3) is 0 Å².